The summed E-state index contributed by atoms with van der Waals surface area (Å²) in [7, 11) is 0. The molecule has 2 N–H and O–H groups in total. The van der Waals surface area contributed by atoms with Gasteiger partial charge in [-0.15, -0.1) is 11.3 Å². The predicted molar refractivity (Wildman–Crippen MR) is 59.1 cm³/mol. The molecule has 0 unspecified atom stereocenters. The van der Waals surface area contributed by atoms with Crippen LogP contribution in [0, 0.1) is 0 Å². The molecule has 0 aliphatic carbocycles. The molecule has 2 aromatic rings. The molecule has 1 amide bonds. The van der Waals surface area contributed by atoms with E-state index in [0.717, 1.165) is 5.82 Å². The zero-order chi connectivity index (χ0) is 10.7. The Morgan fingerprint density at radius 1 is 1.60 bits per heavy atom. The number of carbonyl (C=O) groups excluding carboxylic acids is 1. The lowest BCUT2D eigenvalue weighted by Gasteiger charge is -1.99. The van der Waals surface area contributed by atoms with E-state index in [4.69, 9.17) is 11.6 Å². The van der Waals surface area contributed by atoms with Crippen molar-refractivity contribution in [2.75, 3.05) is 0 Å². The fourth-order valence-corrected chi connectivity index (χ4v) is 2.04. The number of nitrogens with zero attached hydrogens (tertiary/aromatic N) is 1. The third-order valence-electron chi connectivity index (χ3n) is 1.77. The van der Waals surface area contributed by atoms with Gasteiger partial charge in [0.2, 0.25) is 0 Å². The quantitative estimate of drug-likeness (QED) is 0.864. The third-order valence-corrected chi connectivity index (χ3v) is 3.00. The number of rotatable bonds is 3. The average Bonchev–Trinajstić information content (AvgIpc) is 2.84. The summed E-state index contributed by atoms with van der Waals surface area (Å²) in [6.45, 7) is 0.390. The van der Waals surface area contributed by atoms with E-state index < -0.39 is 0 Å². The van der Waals surface area contributed by atoms with Crippen molar-refractivity contribution >= 4 is 28.8 Å². The van der Waals surface area contributed by atoms with Crippen LogP contribution in [0.2, 0.25) is 4.34 Å². The second-order valence-electron chi connectivity index (χ2n) is 2.82. The van der Waals surface area contributed by atoms with Gasteiger partial charge in [0.15, 0.2) is 0 Å². The summed E-state index contributed by atoms with van der Waals surface area (Å²) in [4.78, 5) is 19.1. The fraction of sp³-hybridized carbons (Fsp3) is 0.111. The second kappa shape index (κ2) is 4.46. The summed E-state index contributed by atoms with van der Waals surface area (Å²) in [5.74, 6) is 0.592. The number of thiophene rings is 1. The third kappa shape index (κ3) is 2.57. The lowest BCUT2D eigenvalue weighted by atomic mass is 10.4. The molecule has 15 heavy (non-hydrogen) atoms. The SMILES string of the molecule is O=C(NCc1ncc[nH]1)c1ccc(Cl)s1. The molecule has 0 radical (unpaired) electrons. The van der Waals surface area contributed by atoms with E-state index in [1.54, 1.807) is 24.5 Å². The smallest absolute Gasteiger partial charge is 0.261 e. The maximum Gasteiger partial charge on any atom is 0.261 e. The van der Waals surface area contributed by atoms with Gasteiger partial charge < -0.3 is 10.3 Å². The molecule has 0 aliphatic rings. The van der Waals surface area contributed by atoms with Gasteiger partial charge in [0, 0.05) is 12.4 Å². The lowest BCUT2D eigenvalue weighted by Crippen LogP contribution is -2.22. The Hall–Kier alpha value is -1.33. The van der Waals surface area contributed by atoms with Gasteiger partial charge in [0.1, 0.15) is 5.82 Å². The van der Waals surface area contributed by atoms with Crippen molar-refractivity contribution in [3.8, 4) is 0 Å². The Balaban J connectivity index is 1.93. The van der Waals surface area contributed by atoms with Crippen LogP contribution in [0.3, 0.4) is 0 Å². The van der Waals surface area contributed by atoms with E-state index in [0.29, 0.717) is 15.8 Å². The van der Waals surface area contributed by atoms with Crippen LogP contribution in [0.15, 0.2) is 24.5 Å². The Kier molecular flexibility index (Phi) is 3.03. The highest BCUT2D eigenvalue weighted by molar-refractivity contribution is 7.17. The molecule has 2 aromatic heterocycles. The van der Waals surface area contributed by atoms with E-state index in [1.165, 1.54) is 11.3 Å². The van der Waals surface area contributed by atoms with Gasteiger partial charge in [0.25, 0.3) is 5.91 Å². The number of carbonyl (C=O) groups is 1. The summed E-state index contributed by atoms with van der Waals surface area (Å²) in [6.07, 6.45) is 3.35. The van der Waals surface area contributed by atoms with Crippen molar-refractivity contribution < 1.29 is 4.79 Å². The number of amides is 1. The average molecular weight is 242 g/mol. The summed E-state index contributed by atoms with van der Waals surface area (Å²) < 4.78 is 0.609. The first-order chi connectivity index (χ1) is 7.25. The summed E-state index contributed by atoms with van der Waals surface area (Å²) in [6, 6.07) is 3.40. The van der Waals surface area contributed by atoms with E-state index in [1.807, 2.05) is 0 Å². The molecular weight excluding hydrogens is 234 g/mol. The molecular formula is C9H8ClN3OS. The molecule has 0 saturated heterocycles. The minimum absolute atomic E-state index is 0.136. The largest absolute Gasteiger partial charge is 0.347 e. The van der Waals surface area contributed by atoms with Crippen molar-refractivity contribution in [3.05, 3.63) is 39.6 Å². The predicted octanol–water partition coefficient (Wildman–Crippen LogP) is 2.05. The van der Waals surface area contributed by atoms with Crippen LogP contribution in [0.5, 0.6) is 0 Å². The first-order valence-corrected chi connectivity index (χ1v) is 5.47. The van der Waals surface area contributed by atoms with Crippen molar-refractivity contribution in [3.63, 3.8) is 0 Å². The van der Waals surface area contributed by atoms with E-state index in [-0.39, 0.29) is 5.91 Å². The molecule has 0 aliphatic heterocycles. The van der Waals surface area contributed by atoms with Gasteiger partial charge in [-0.1, -0.05) is 11.6 Å². The highest BCUT2D eigenvalue weighted by Crippen LogP contribution is 2.21. The van der Waals surface area contributed by atoms with Crippen LogP contribution < -0.4 is 5.32 Å². The molecule has 0 atom stereocenters. The first kappa shape index (κ1) is 10.2. The normalized spacial score (nSPS) is 10.2. The summed E-state index contributed by atoms with van der Waals surface area (Å²) in [5.41, 5.74) is 0. The molecule has 2 heterocycles. The Morgan fingerprint density at radius 2 is 2.47 bits per heavy atom. The zero-order valence-corrected chi connectivity index (χ0v) is 9.23. The van der Waals surface area contributed by atoms with Crippen molar-refractivity contribution in [1.82, 2.24) is 15.3 Å². The van der Waals surface area contributed by atoms with Crippen LogP contribution in [0.4, 0.5) is 0 Å². The minimum atomic E-state index is -0.136. The Bertz CT molecular complexity index is 452. The molecule has 78 valence electrons. The molecule has 6 heteroatoms. The summed E-state index contributed by atoms with van der Waals surface area (Å²) in [5, 5.41) is 2.73. The highest BCUT2D eigenvalue weighted by Gasteiger charge is 2.08. The van der Waals surface area contributed by atoms with Crippen molar-refractivity contribution in [2.24, 2.45) is 0 Å². The Morgan fingerprint density at radius 3 is 3.07 bits per heavy atom. The van der Waals surface area contributed by atoms with Crippen LogP contribution in [-0.4, -0.2) is 15.9 Å². The molecule has 4 nitrogen and oxygen atoms in total. The highest BCUT2D eigenvalue weighted by atomic mass is 35.5. The van der Waals surface area contributed by atoms with Gasteiger partial charge in [-0.3, -0.25) is 4.79 Å². The number of hydrogen-bond donors (Lipinski definition) is 2. The summed E-state index contributed by atoms with van der Waals surface area (Å²) >= 11 is 6.98. The molecule has 0 spiro atoms. The number of aromatic nitrogens is 2. The van der Waals surface area contributed by atoms with Crippen LogP contribution in [-0.2, 0) is 6.54 Å². The van der Waals surface area contributed by atoms with Gasteiger partial charge in [-0.25, -0.2) is 4.98 Å². The van der Waals surface area contributed by atoms with Crippen LogP contribution >= 0.6 is 22.9 Å². The number of aromatic amines is 1. The number of H-pyrrole nitrogens is 1. The number of imidazole rings is 1. The van der Waals surface area contributed by atoms with Gasteiger partial charge in [-0.2, -0.15) is 0 Å². The standard InChI is InChI=1S/C9H8ClN3OS/c10-7-2-1-6(15-7)9(14)13-5-8-11-3-4-12-8/h1-4H,5H2,(H,11,12)(H,13,14). The van der Waals surface area contributed by atoms with Crippen LogP contribution in [0.1, 0.15) is 15.5 Å². The fourth-order valence-electron chi connectivity index (χ4n) is 1.08. The number of hydrogen-bond acceptors (Lipinski definition) is 3. The van der Waals surface area contributed by atoms with Gasteiger partial charge in [-0.05, 0) is 12.1 Å². The molecule has 0 bridgehead atoms. The maximum atomic E-state index is 11.6. The lowest BCUT2D eigenvalue weighted by molar-refractivity contribution is 0.0954. The monoisotopic (exact) mass is 241 g/mol. The number of halogens is 1. The molecule has 2 rings (SSSR count). The molecule has 0 fully saturated rings. The van der Waals surface area contributed by atoms with Crippen LogP contribution in [0.25, 0.3) is 0 Å². The van der Waals surface area contributed by atoms with Gasteiger partial charge in [0.05, 0.1) is 15.8 Å². The zero-order valence-electron chi connectivity index (χ0n) is 7.66. The molecule has 0 aromatic carbocycles. The van der Waals surface area contributed by atoms with Crippen molar-refractivity contribution in [1.29, 1.82) is 0 Å². The number of nitrogens with one attached hydrogen (secondary N) is 2. The topological polar surface area (TPSA) is 57.8 Å². The van der Waals surface area contributed by atoms with E-state index in [9.17, 15) is 4.79 Å². The van der Waals surface area contributed by atoms with E-state index >= 15 is 0 Å². The van der Waals surface area contributed by atoms with E-state index in [2.05, 4.69) is 15.3 Å². The van der Waals surface area contributed by atoms with Crippen molar-refractivity contribution in [2.45, 2.75) is 6.54 Å². The molecule has 0 saturated carbocycles. The van der Waals surface area contributed by atoms with Gasteiger partial charge >= 0.3 is 0 Å². The maximum absolute atomic E-state index is 11.6. The second-order valence-corrected chi connectivity index (χ2v) is 4.54. The Labute approximate surface area is 95.3 Å². The first-order valence-electron chi connectivity index (χ1n) is 4.27. The minimum Gasteiger partial charge on any atom is -0.347 e.